The quantitative estimate of drug-likeness (QED) is 0.922. The zero-order valence-electron chi connectivity index (χ0n) is 12.4. The number of nitrogen functional groups attached to an aromatic ring is 1. The second-order valence-electron chi connectivity index (χ2n) is 5.37. The first-order valence-electron chi connectivity index (χ1n) is 6.86. The van der Waals surface area contributed by atoms with Gasteiger partial charge in [0.15, 0.2) is 0 Å². The molecule has 0 aliphatic rings. The first-order valence-corrected chi connectivity index (χ1v) is 6.86. The van der Waals surface area contributed by atoms with Gasteiger partial charge in [0.1, 0.15) is 17.9 Å². The molecule has 0 spiro atoms. The smallest absolute Gasteiger partial charge is 0.130 e. The fourth-order valence-corrected chi connectivity index (χ4v) is 2.17. The predicted molar refractivity (Wildman–Crippen MR) is 81.7 cm³/mol. The number of hydrogen-bond donors (Lipinski definition) is 1. The summed E-state index contributed by atoms with van der Waals surface area (Å²) in [5, 5.41) is 0. The van der Waals surface area contributed by atoms with Crippen LogP contribution in [0.3, 0.4) is 0 Å². The van der Waals surface area contributed by atoms with Crippen LogP contribution in [0.2, 0.25) is 0 Å². The molecule has 2 aromatic rings. The Morgan fingerprint density at radius 2 is 1.65 bits per heavy atom. The summed E-state index contributed by atoms with van der Waals surface area (Å²) >= 11 is 0. The molecule has 2 rings (SSSR count). The molecule has 0 saturated heterocycles. The van der Waals surface area contributed by atoms with Crippen LogP contribution < -0.4 is 10.5 Å². The number of ether oxygens (including phenoxy) is 1. The Morgan fingerprint density at radius 3 is 2.20 bits per heavy atom. The lowest BCUT2D eigenvalue weighted by molar-refractivity contribution is 0.242. The lowest BCUT2D eigenvalue weighted by atomic mass is 9.97. The van der Waals surface area contributed by atoms with Crippen LogP contribution in [0.15, 0.2) is 30.6 Å². The molecule has 2 N–H and O–H groups in total. The molecule has 0 aliphatic heterocycles. The number of nitrogens with zero attached hydrogens (tertiary/aromatic N) is 2. The molecule has 0 aliphatic carbocycles. The molecule has 1 heterocycles. The minimum atomic E-state index is 0.168. The summed E-state index contributed by atoms with van der Waals surface area (Å²) in [6.45, 7) is 8.20. The summed E-state index contributed by atoms with van der Waals surface area (Å²) in [4.78, 5) is 8.48. The molecule has 0 radical (unpaired) electrons. The van der Waals surface area contributed by atoms with Crippen LogP contribution in [-0.4, -0.2) is 16.1 Å². The van der Waals surface area contributed by atoms with E-state index in [2.05, 4.69) is 23.8 Å². The molecule has 106 valence electrons. The largest absolute Gasteiger partial charge is 0.491 e. The van der Waals surface area contributed by atoms with Crippen LogP contribution >= 0.6 is 0 Å². The zero-order valence-corrected chi connectivity index (χ0v) is 12.4. The van der Waals surface area contributed by atoms with Crippen LogP contribution in [0.4, 0.5) is 5.82 Å². The average molecular weight is 271 g/mol. The van der Waals surface area contributed by atoms with E-state index in [4.69, 9.17) is 10.5 Å². The molecule has 0 fully saturated rings. The Bertz CT molecular complexity index is 577. The normalized spacial score (nSPS) is 11.1. The van der Waals surface area contributed by atoms with E-state index < -0.39 is 0 Å². The van der Waals surface area contributed by atoms with E-state index in [1.807, 2.05) is 38.1 Å². The van der Waals surface area contributed by atoms with E-state index in [-0.39, 0.29) is 12.0 Å². The molecule has 0 amide bonds. The Labute approximate surface area is 120 Å². The van der Waals surface area contributed by atoms with Gasteiger partial charge in [0.05, 0.1) is 11.8 Å². The first kappa shape index (κ1) is 14.3. The Morgan fingerprint density at radius 1 is 1.00 bits per heavy atom. The lowest BCUT2D eigenvalue weighted by Gasteiger charge is -2.14. The molecule has 0 unspecified atom stereocenters. The summed E-state index contributed by atoms with van der Waals surface area (Å²) in [5.74, 6) is 1.68. The molecule has 0 atom stereocenters. The highest BCUT2D eigenvalue weighted by Gasteiger charge is 2.14. The van der Waals surface area contributed by atoms with Crippen molar-refractivity contribution < 1.29 is 4.74 Å². The van der Waals surface area contributed by atoms with Crippen molar-refractivity contribution in [2.45, 2.75) is 39.7 Å². The van der Waals surface area contributed by atoms with Gasteiger partial charge in [0, 0.05) is 11.1 Å². The zero-order chi connectivity index (χ0) is 14.7. The number of anilines is 1. The maximum absolute atomic E-state index is 5.98. The predicted octanol–water partition coefficient (Wildman–Crippen LogP) is 3.64. The van der Waals surface area contributed by atoms with E-state index in [0.717, 1.165) is 22.6 Å². The van der Waals surface area contributed by atoms with E-state index in [9.17, 15) is 0 Å². The molecule has 4 nitrogen and oxygen atoms in total. The van der Waals surface area contributed by atoms with Gasteiger partial charge < -0.3 is 10.5 Å². The summed E-state index contributed by atoms with van der Waals surface area (Å²) in [6.07, 6.45) is 1.68. The van der Waals surface area contributed by atoms with Gasteiger partial charge in [-0.05, 0) is 44.0 Å². The summed E-state index contributed by atoms with van der Waals surface area (Å²) in [5.41, 5.74) is 8.89. The van der Waals surface area contributed by atoms with Crippen molar-refractivity contribution in [3.8, 4) is 17.0 Å². The number of rotatable bonds is 4. The fraction of sp³-hybridized carbons (Fsp3) is 0.375. The standard InChI is InChI=1S/C16H21N3O/c1-10(2)14-15(18-9-19-16(14)17)12-5-7-13(8-6-12)20-11(3)4/h5-11H,1-4H3,(H2,17,18,19). The van der Waals surface area contributed by atoms with Gasteiger partial charge in [-0.15, -0.1) is 0 Å². The summed E-state index contributed by atoms with van der Waals surface area (Å²) in [6, 6.07) is 7.92. The van der Waals surface area contributed by atoms with Gasteiger partial charge in [0.25, 0.3) is 0 Å². The minimum absolute atomic E-state index is 0.168. The highest BCUT2D eigenvalue weighted by Crippen LogP contribution is 2.31. The van der Waals surface area contributed by atoms with Crippen molar-refractivity contribution in [1.82, 2.24) is 9.97 Å². The fourth-order valence-electron chi connectivity index (χ4n) is 2.17. The minimum Gasteiger partial charge on any atom is -0.491 e. The maximum Gasteiger partial charge on any atom is 0.130 e. The summed E-state index contributed by atoms with van der Waals surface area (Å²) in [7, 11) is 0. The second kappa shape index (κ2) is 5.90. The molecule has 0 saturated carbocycles. The van der Waals surface area contributed by atoms with Gasteiger partial charge in [0.2, 0.25) is 0 Å². The van der Waals surface area contributed by atoms with Crippen LogP contribution in [0.1, 0.15) is 39.2 Å². The van der Waals surface area contributed by atoms with E-state index >= 15 is 0 Å². The Balaban J connectivity index is 2.39. The average Bonchev–Trinajstić information content (AvgIpc) is 2.38. The highest BCUT2D eigenvalue weighted by atomic mass is 16.5. The molecular formula is C16H21N3O. The van der Waals surface area contributed by atoms with Crippen LogP contribution in [0, 0.1) is 0 Å². The van der Waals surface area contributed by atoms with Crippen LogP contribution in [0.25, 0.3) is 11.3 Å². The summed E-state index contributed by atoms with van der Waals surface area (Å²) < 4.78 is 5.65. The van der Waals surface area contributed by atoms with Crippen molar-refractivity contribution in [3.05, 3.63) is 36.2 Å². The first-order chi connectivity index (χ1) is 9.49. The SMILES string of the molecule is CC(C)Oc1ccc(-c2ncnc(N)c2C(C)C)cc1. The molecule has 1 aromatic carbocycles. The molecular weight excluding hydrogens is 250 g/mol. The maximum atomic E-state index is 5.98. The molecule has 0 bridgehead atoms. The van der Waals surface area contributed by atoms with Gasteiger partial charge in [-0.2, -0.15) is 0 Å². The van der Waals surface area contributed by atoms with Gasteiger partial charge in [-0.3, -0.25) is 0 Å². The third kappa shape index (κ3) is 3.07. The number of nitrogens with two attached hydrogens (primary N) is 1. The number of hydrogen-bond acceptors (Lipinski definition) is 4. The van der Waals surface area contributed by atoms with Crippen LogP contribution in [0.5, 0.6) is 5.75 Å². The number of aromatic nitrogens is 2. The van der Waals surface area contributed by atoms with E-state index in [1.54, 1.807) is 0 Å². The van der Waals surface area contributed by atoms with Crippen molar-refractivity contribution in [3.63, 3.8) is 0 Å². The second-order valence-corrected chi connectivity index (χ2v) is 5.37. The van der Waals surface area contributed by atoms with Crippen molar-refractivity contribution >= 4 is 5.82 Å². The van der Waals surface area contributed by atoms with E-state index in [0.29, 0.717) is 5.82 Å². The van der Waals surface area contributed by atoms with Crippen molar-refractivity contribution in [2.75, 3.05) is 5.73 Å². The Kier molecular flexibility index (Phi) is 4.23. The third-order valence-corrected chi connectivity index (χ3v) is 2.99. The van der Waals surface area contributed by atoms with E-state index in [1.165, 1.54) is 6.33 Å². The highest BCUT2D eigenvalue weighted by molar-refractivity contribution is 5.68. The topological polar surface area (TPSA) is 61.0 Å². The molecule has 20 heavy (non-hydrogen) atoms. The Hall–Kier alpha value is -2.10. The number of benzene rings is 1. The van der Waals surface area contributed by atoms with Gasteiger partial charge >= 0.3 is 0 Å². The van der Waals surface area contributed by atoms with Gasteiger partial charge in [-0.25, -0.2) is 9.97 Å². The van der Waals surface area contributed by atoms with Crippen molar-refractivity contribution in [2.24, 2.45) is 0 Å². The van der Waals surface area contributed by atoms with Crippen molar-refractivity contribution in [1.29, 1.82) is 0 Å². The van der Waals surface area contributed by atoms with Crippen LogP contribution in [-0.2, 0) is 0 Å². The third-order valence-electron chi connectivity index (χ3n) is 2.99. The lowest BCUT2D eigenvalue weighted by Crippen LogP contribution is -2.06. The molecule has 1 aromatic heterocycles. The van der Waals surface area contributed by atoms with Gasteiger partial charge in [-0.1, -0.05) is 13.8 Å². The monoisotopic (exact) mass is 271 g/mol. The molecule has 4 heteroatoms.